The number of halogens is 1. The molecule has 1 N–H and O–H groups in total. The van der Waals surface area contributed by atoms with Gasteiger partial charge in [-0.2, -0.15) is 0 Å². The Kier molecular flexibility index (Phi) is 2.29. The molecule has 4 heteroatoms. The van der Waals surface area contributed by atoms with Gasteiger partial charge in [0.25, 0.3) is 5.91 Å². The topological polar surface area (TPSA) is 32.3 Å². The third kappa shape index (κ3) is 1.65. The quantitative estimate of drug-likeness (QED) is 0.775. The minimum absolute atomic E-state index is 0.104. The highest BCUT2D eigenvalue weighted by atomic mass is 79.9. The Morgan fingerprint density at radius 1 is 1.36 bits per heavy atom. The molecule has 1 aliphatic rings. The third-order valence-corrected chi connectivity index (χ3v) is 2.57. The molecule has 0 aliphatic carbocycles. The van der Waals surface area contributed by atoms with E-state index in [4.69, 9.17) is 0 Å². The molecule has 0 radical (unpaired) electrons. The summed E-state index contributed by atoms with van der Waals surface area (Å²) < 4.78 is 1.02. The number of nitrogens with zero attached hydrogens (tertiary/aromatic N) is 1. The zero-order valence-corrected chi connectivity index (χ0v) is 9.04. The number of hydrogen-bond donors (Lipinski definition) is 1. The van der Waals surface area contributed by atoms with E-state index in [1.807, 2.05) is 24.3 Å². The summed E-state index contributed by atoms with van der Waals surface area (Å²) in [4.78, 5) is 11.2. The maximum Gasteiger partial charge on any atom is 0.267 e. The molecule has 3 nitrogen and oxygen atoms in total. The molecule has 1 aromatic carbocycles. The number of amides is 1. The molecule has 1 aliphatic heterocycles. The average molecular weight is 253 g/mol. The second kappa shape index (κ2) is 3.46. The second-order valence-electron chi connectivity index (χ2n) is 3.11. The summed E-state index contributed by atoms with van der Waals surface area (Å²) in [6.45, 7) is 4.21. The molecular formula is C10H9BrN2O. The summed E-state index contributed by atoms with van der Waals surface area (Å²) in [5.41, 5.74) is 4.27. The van der Waals surface area contributed by atoms with Gasteiger partial charge < -0.3 is 0 Å². The lowest BCUT2D eigenvalue weighted by atomic mass is 10.3. The number of anilines is 1. The van der Waals surface area contributed by atoms with E-state index in [0.29, 0.717) is 12.1 Å². The van der Waals surface area contributed by atoms with Gasteiger partial charge in [-0.15, -0.1) is 0 Å². The molecular weight excluding hydrogens is 244 g/mol. The van der Waals surface area contributed by atoms with Crippen molar-refractivity contribution >= 4 is 27.5 Å². The Morgan fingerprint density at radius 2 is 2.00 bits per heavy atom. The Hall–Kier alpha value is -1.29. The first-order valence-corrected chi connectivity index (χ1v) is 4.98. The van der Waals surface area contributed by atoms with Crippen LogP contribution < -0.4 is 10.4 Å². The highest BCUT2D eigenvalue weighted by Gasteiger charge is 2.22. The highest BCUT2D eigenvalue weighted by Crippen LogP contribution is 2.20. The zero-order valence-electron chi connectivity index (χ0n) is 7.46. The molecule has 0 aromatic heterocycles. The van der Waals surface area contributed by atoms with Crippen LogP contribution in [0.15, 0.2) is 40.9 Å². The molecule has 0 spiro atoms. The monoisotopic (exact) mass is 252 g/mol. The van der Waals surface area contributed by atoms with Crippen LogP contribution in [0.3, 0.4) is 0 Å². The molecule has 1 amide bonds. The Bertz CT molecular complexity index is 370. The zero-order chi connectivity index (χ0) is 10.1. The SMILES string of the molecule is C=C1CN(c2ccc(Br)cc2)NC1=O. The Morgan fingerprint density at radius 3 is 2.50 bits per heavy atom. The molecule has 1 saturated heterocycles. The minimum atomic E-state index is -0.104. The maximum absolute atomic E-state index is 11.2. The van der Waals surface area contributed by atoms with E-state index in [1.54, 1.807) is 5.01 Å². The van der Waals surface area contributed by atoms with Crippen molar-refractivity contribution in [1.29, 1.82) is 0 Å². The van der Waals surface area contributed by atoms with Gasteiger partial charge in [0.1, 0.15) is 0 Å². The summed E-state index contributed by atoms with van der Waals surface area (Å²) in [5.74, 6) is -0.104. The van der Waals surface area contributed by atoms with Crippen LogP contribution in [-0.4, -0.2) is 12.5 Å². The highest BCUT2D eigenvalue weighted by molar-refractivity contribution is 9.10. The van der Waals surface area contributed by atoms with Crippen molar-refractivity contribution in [1.82, 2.24) is 5.43 Å². The summed E-state index contributed by atoms with van der Waals surface area (Å²) in [6.07, 6.45) is 0. The molecule has 1 heterocycles. The number of nitrogens with one attached hydrogen (secondary N) is 1. The molecule has 72 valence electrons. The van der Waals surface area contributed by atoms with Gasteiger partial charge in [-0.05, 0) is 24.3 Å². The fourth-order valence-electron chi connectivity index (χ4n) is 1.28. The van der Waals surface area contributed by atoms with Crippen LogP contribution in [0.2, 0.25) is 0 Å². The maximum atomic E-state index is 11.2. The first-order valence-electron chi connectivity index (χ1n) is 4.19. The fraction of sp³-hybridized carbons (Fsp3) is 0.100. The summed E-state index contributed by atoms with van der Waals surface area (Å²) in [7, 11) is 0. The van der Waals surface area contributed by atoms with E-state index >= 15 is 0 Å². The van der Waals surface area contributed by atoms with Gasteiger partial charge in [-0.3, -0.25) is 15.2 Å². The van der Waals surface area contributed by atoms with Crippen LogP contribution in [0, 0.1) is 0 Å². The van der Waals surface area contributed by atoms with Gasteiger partial charge in [0, 0.05) is 10.0 Å². The standard InChI is InChI=1S/C10H9BrN2O/c1-7-6-13(12-10(7)14)9-4-2-8(11)3-5-9/h2-5H,1,6H2,(H,12,14). The number of hydrazine groups is 1. The lowest BCUT2D eigenvalue weighted by Gasteiger charge is -2.16. The average Bonchev–Trinajstić information content (AvgIpc) is 2.48. The van der Waals surface area contributed by atoms with Gasteiger partial charge in [-0.1, -0.05) is 22.5 Å². The van der Waals surface area contributed by atoms with E-state index in [0.717, 1.165) is 10.2 Å². The first kappa shape index (κ1) is 9.27. The van der Waals surface area contributed by atoms with Gasteiger partial charge in [0.2, 0.25) is 0 Å². The largest absolute Gasteiger partial charge is 0.281 e. The van der Waals surface area contributed by atoms with Crippen molar-refractivity contribution in [3.8, 4) is 0 Å². The van der Waals surface area contributed by atoms with Crippen molar-refractivity contribution in [2.24, 2.45) is 0 Å². The van der Waals surface area contributed by atoms with Crippen LogP contribution in [0.1, 0.15) is 0 Å². The Labute approximate surface area is 90.5 Å². The van der Waals surface area contributed by atoms with Gasteiger partial charge in [0.05, 0.1) is 12.2 Å². The van der Waals surface area contributed by atoms with E-state index in [2.05, 4.69) is 27.9 Å². The van der Waals surface area contributed by atoms with Crippen LogP contribution in [0.5, 0.6) is 0 Å². The number of carbonyl (C=O) groups is 1. The lowest BCUT2D eigenvalue weighted by Crippen LogP contribution is -2.32. The Balaban J connectivity index is 2.21. The van der Waals surface area contributed by atoms with Crippen LogP contribution >= 0.6 is 15.9 Å². The molecule has 14 heavy (non-hydrogen) atoms. The first-order chi connectivity index (χ1) is 6.66. The predicted molar refractivity (Wildman–Crippen MR) is 58.8 cm³/mol. The van der Waals surface area contributed by atoms with Crippen molar-refractivity contribution in [3.05, 3.63) is 40.9 Å². The van der Waals surface area contributed by atoms with Crippen molar-refractivity contribution < 1.29 is 4.79 Å². The van der Waals surface area contributed by atoms with Gasteiger partial charge in [-0.25, -0.2) is 0 Å². The van der Waals surface area contributed by atoms with Crippen molar-refractivity contribution in [2.75, 3.05) is 11.6 Å². The van der Waals surface area contributed by atoms with Crippen LogP contribution in [0.4, 0.5) is 5.69 Å². The smallest absolute Gasteiger partial charge is 0.267 e. The minimum Gasteiger partial charge on any atom is -0.281 e. The molecule has 0 bridgehead atoms. The molecule has 0 atom stereocenters. The molecule has 2 rings (SSSR count). The van der Waals surface area contributed by atoms with Crippen molar-refractivity contribution in [2.45, 2.75) is 0 Å². The summed E-state index contributed by atoms with van der Waals surface area (Å²) in [5, 5.41) is 1.77. The molecule has 0 unspecified atom stereocenters. The normalized spacial score (nSPS) is 15.9. The van der Waals surface area contributed by atoms with E-state index in [1.165, 1.54) is 0 Å². The molecule has 1 fully saturated rings. The van der Waals surface area contributed by atoms with Gasteiger partial charge >= 0.3 is 0 Å². The lowest BCUT2D eigenvalue weighted by molar-refractivity contribution is -0.116. The number of hydrogen-bond acceptors (Lipinski definition) is 2. The number of carbonyl (C=O) groups excluding carboxylic acids is 1. The second-order valence-corrected chi connectivity index (χ2v) is 4.02. The molecule has 0 saturated carbocycles. The van der Waals surface area contributed by atoms with E-state index in [9.17, 15) is 4.79 Å². The van der Waals surface area contributed by atoms with E-state index < -0.39 is 0 Å². The third-order valence-electron chi connectivity index (χ3n) is 2.04. The van der Waals surface area contributed by atoms with Crippen LogP contribution in [-0.2, 0) is 4.79 Å². The van der Waals surface area contributed by atoms with Crippen LogP contribution in [0.25, 0.3) is 0 Å². The molecule has 1 aromatic rings. The summed E-state index contributed by atoms with van der Waals surface area (Å²) in [6, 6.07) is 7.73. The number of rotatable bonds is 1. The summed E-state index contributed by atoms with van der Waals surface area (Å²) >= 11 is 3.35. The van der Waals surface area contributed by atoms with E-state index in [-0.39, 0.29) is 5.91 Å². The van der Waals surface area contributed by atoms with Crippen molar-refractivity contribution in [3.63, 3.8) is 0 Å². The predicted octanol–water partition coefficient (Wildman–Crippen LogP) is 1.86. The number of benzene rings is 1. The van der Waals surface area contributed by atoms with Gasteiger partial charge in [0.15, 0.2) is 0 Å². The fourth-order valence-corrected chi connectivity index (χ4v) is 1.55.